The van der Waals surface area contributed by atoms with Crippen LogP contribution in [0, 0.1) is 6.92 Å². The first kappa shape index (κ1) is 18.1. The smallest absolute Gasteiger partial charge is 0.250 e. The van der Waals surface area contributed by atoms with Gasteiger partial charge in [-0.25, -0.2) is 13.1 Å². The average Bonchev–Trinajstić information content (AvgIpc) is 3.16. The van der Waals surface area contributed by atoms with Crippen LogP contribution >= 0.6 is 11.3 Å². The van der Waals surface area contributed by atoms with Gasteiger partial charge in [0.2, 0.25) is 10.0 Å². The topological polar surface area (TPSA) is 75.4 Å². The lowest BCUT2D eigenvalue weighted by atomic mass is 10.2. The zero-order valence-corrected chi connectivity index (χ0v) is 15.3. The van der Waals surface area contributed by atoms with Crippen LogP contribution in [0.25, 0.3) is 11.3 Å². The van der Waals surface area contributed by atoms with Crippen molar-refractivity contribution in [3.63, 3.8) is 0 Å². The minimum absolute atomic E-state index is 0.296. The van der Waals surface area contributed by atoms with Gasteiger partial charge in [-0.2, -0.15) is 0 Å². The summed E-state index contributed by atoms with van der Waals surface area (Å²) in [5.41, 5.74) is 1.50. The molecular formula is C15H23N3O3S2. The largest absolute Gasteiger partial charge is 0.356 e. The van der Waals surface area contributed by atoms with Crippen molar-refractivity contribution in [2.75, 3.05) is 26.2 Å². The van der Waals surface area contributed by atoms with E-state index in [1.54, 1.807) is 17.5 Å². The first-order valence-corrected chi connectivity index (χ1v) is 10.1. The van der Waals surface area contributed by atoms with Crippen LogP contribution in [0.5, 0.6) is 0 Å². The molecule has 0 saturated heterocycles. The normalized spacial score (nSPS) is 12.2. The summed E-state index contributed by atoms with van der Waals surface area (Å²) in [6, 6.07) is 3.41. The van der Waals surface area contributed by atoms with E-state index >= 15 is 0 Å². The predicted molar refractivity (Wildman–Crippen MR) is 92.1 cm³/mol. The van der Waals surface area contributed by atoms with Crippen LogP contribution in [0.3, 0.4) is 0 Å². The van der Waals surface area contributed by atoms with Crippen molar-refractivity contribution in [2.45, 2.75) is 31.4 Å². The second kappa shape index (κ2) is 8.05. The van der Waals surface area contributed by atoms with Crippen LogP contribution in [-0.4, -0.2) is 44.7 Å². The highest BCUT2D eigenvalue weighted by Gasteiger charge is 2.18. The molecule has 0 aliphatic heterocycles. The molecule has 0 amide bonds. The summed E-state index contributed by atoms with van der Waals surface area (Å²) in [6.07, 6.45) is 0.792. The van der Waals surface area contributed by atoms with Gasteiger partial charge in [-0.3, -0.25) is 0 Å². The van der Waals surface area contributed by atoms with E-state index in [0.717, 1.165) is 37.3 Å². The molecule has 0 fully saturated rings. The quantitative estimate of drug-likeness (QED) is 0.698. The Morgan fingerprint density at radius 3 is 2.65 bits per heavy atom. The van der Waals surface area contributed by atoms with Crippen LogP contribution in [-0.2, 0) is 10.0 Å². The number of aryl methyl sites for hydroxylation is 1. The van der Waals surface area contributed by atoms with E-state index in [-0.39, 0.29) is 0 Å². The molecule has 8 heteroatoms. The van der Waals surface area contributed by atoms with Crippen LogP contribution in [0.4, 0.5) is 0 Å². The molecule has 1 N–H and O–H groups in total. The molecule has 0 aliphatic carbocycles. The maximum absolute atomic E-state index is 12.3. The van der Waals surface area contributed by atoms with E-state index in [1.807, 2.05) is 6.92 Å². The molecular weight excluding hydrogens is 334 g/mol. The molecule has 0 aromatic carbocycles. The molecule has 0 spiro atoms. The molecule has 2 aromatic heterocycles. The third-order valence-electron chi connectivity index (χ3n) is 3.59. The van der Waals surface area contributed by atoms with Gasteiger partial charge in [0.15, 0.2) is 5.76 Å². The van der Waals surface area contributed by atoms with E-state index in [1.165, 1.54) is 11.3 Å². The van der Waals surface area contributed by atoms with E-state index < -0.39 is 10.0 Å². The lowest BCUT2D eigenvalue weighted by molar-refractivity contribution is 0.300. The third-order valence-corrected chi connectivity index (χ3v) is 6.49. The van der Waals surface area contributed by atoms with Gasteiger partial charge in [0.25, 0.3) is 0 Å². The Morgan fingerprint density at radius 1 is 1.30 bits per heavy atom. The van der Waals surface area contributed by atoms with Crippen molar-refractivity contribution in [1.82, 2.24) is 14.8 Å². The molecule has 23 heavy (non-hydrogen) atoms. The Morgan fingerprint density at radius 2 is 2.04 bits per heavy atom. The molecule has 128 valence electrons. The number of aromatic nitrogens is 1. The monoisotopic (exact) mass is 357 g/mol. The summed E-state index contributed by atoms with van der Waals surface area (Å²) in [5.74, 6) is 0.585. The highest BCUT2D eigenvalue weighted by atomic mass is 32.2. The van der Waals surface area contributed by atoms with Crippen molar-refractivity contribution in [1.29, 1.82) is 0 Å². The van der Waals surface area contributed by atoms with E-state index in [0.29, 0.717) is 16.5 Å². The van der Waals surface area contributed by atoms with Crippen LogP contribution in [0.2, 0.25) is 0 Å². The fourth-order valence-corrected chi connectivity index (χ4v) is 4.49. The summed E-state index contributed by atoms with van der Waals surface area (Å²) in [7, 11) is -3.46. The lowest BCUT2D eigenvalue weighted by Crippen LogP contribution is -2.29. The number of nitrogens with one attached hydrogen (secondary N) is 1. The number of thiophene rings is 1. The van der Waals surface area contributed by atoms with Gasteiger partial charge in [0, 0.05) is 23.6 Å². The first-order chi connectivity index (χ1) is 11.0. The minimum atomic E-state index is -3.46. The molecule has 0 radical (unpaired) electrons. The summed E-state index contributed by atoms with van der Waals surface area (Å²) in [5, 5.41) is 5.59. The molecule has 0 aliphatic rings. The second-order valence-electron chi connectivity index (χ2n) is 5.27. The third kappa shape index (κ3) is 4.87. The van der Waals surface area contributed by atoms with Gasteiger partial charge in [0.1, 0.15) is 4.21 Å². The van der Waals surface area contributed by atoms with Gasteiger partial charge in [0.05, 0.1) is 5.69 Å². The van der Waals surface area contributed by atoms with Gasteiger partial charge >= 0.3 is 0 Å². The number of hydrogen-bond donors (Lipinski definition) is 1. The van der Waals surface area contributed by atoms with E-state index in [4.69, 9.17) is 4.52 Å². The van der Waals surface area contributed by atoms with E-state index in [9.17, 15) is 8.42 Å². The van der Waals surface area contributed by atoms with Crippen LogP contribution in [0.15, 0.2) is 26.2 Å². The Kier molecular flexibility index (Phi) is 6.34. The summed E-state index contributed by atoms with van der Waals surface area (Å²) in [6.45, 7) is 9.32. The average molecular weight is 358 g/mol. The van der Waals surface area contributed by atoms with Crippen molar-refractivity contribution >= 4 is 21.4 Å². The van der Waals surface area contributed by atoms with E-state index in [2.05, 4.69) is 28.6 Å². The molecule has 0 saturated carbocycles. The number of rotatable bonds is 9. The maximum Gasteiger partial charge on any atom is 0.250 e. The zero-order valence-electron chi connectivity index (χ0n) is 13.7. The molecule has 0 bridgehead atoms. The zero-order chi connectivity index (χ0) is 16.9. The van der Waals surface area contributed by atoms with Crippen LogP contribution in [0.1, 0.15) is 26.0 Å². The minimum Gasteiger partial charge on any atom is -0.356 e. The number of nitrogens with zero attached hydrogens (tertiary/aromatic N) is 2. The van der Waals surface area contributed by atoms with Gasteiger partial charge in [-0.05, 0) is 39.0 Å². The Hall–Kier alpha value is -1.22. The molecule has 2 rings (SSSR count). The Bertz CT molecular complexity index is 718. The fraction of sp³-hybridized carbons (Fsp3) is 0.533. The number of sulfonamides is 1. The Labute approximate surface area is 141 Å². The standard InChI is InChI=1S/C15H23N3O3S2/c1-4-18(5-2)8-6-7-16-23(19,20)15-10-13(11-22-15)14-9-12(3)17-21-14/h9-11,16H,4-8H2,1-3H3. The van der Waals surface area contributed by atoms with Gasteiger partial charge in [-0.1, -0.05) is 19.0 Å². The summed E-state index contributed by atoms with van der Waals surface area (Å²) in [4.78, 5) is 2.27. The van der Waals surface area contributed by atoms with Crippen molar-refractivity contribution in [3.05, 3.63) is 23.2 Å². The lowest BCUT2D eigenvalue weighted by Gasteiger charge is -2.17. The molecule has 6 nitrogen and oxygen atoms in total. The van der Waals surface area contributed by atoms with Gasteiger partial charge in [-0.15, -0.1) is 11.3 Å². The predicted octanol–water partition coefficient (Wildman–Crippen LogP) is 2.72. The molecule has 2 aromatic rings. The van der Waals surface area contributed by atoms with Crippen LogP contribution < -0.4 is 4.72 Å². The molecule has 0 unspecified atom stereocenters. The van der Waals surface area contributed by atoms with Crippen molar-refractivity contribution in [3.8, 4) is 11.3 Å². The fourth-order valence-electron chi connectivity index (χ4n) is 2.21. The summed E-state index contributed by atoms with van der Waals surface area (Å²) >= 11 is 1.19. The number of hydrogen-bond acceptors (Lipinski definition) is 6. The molecule has 2 heterocycles. The van der Waals surface area contributed by atoms with Crippen molar-refractivity contribution < 1.29 is 12.9 Å². The second-order valence-corrected chi connectivity index (χ2v) is 8.17. The highest BCUT2D eigenvalue weighted by Crippen LogP contribution is 2.28. The Balaban J connectivity index is 1.94. The molecule has 0 atom stereocenters. The maximum atomic E-state index is 12.3. The van der Waals surface area contributed by atoms with Crippen molar-refractivity contribution in [2.24, 2.45) is 0 Å². The van der Waals surface area contributed by atoms with Gasteiger partial charge < -0.3 is 9.42 Å². The summed E-state index contributed by atoms with van der Waals surface area (Å²) < 4.78 is 32.7. The first-order valence-electron chi connectivity index (χ1n) is 7.70. The SMILES string of the molecule is CCN(CC)CCCNS(=O)(=O)c1cc(-c2cc(C)no2)cs1. The highest BCUT2D eigenvalue weighted by molar-refractivity contribution is 7.91.